The van der Waals surface area contributed by atoms with Crippen molar-refractivity contribution >= 4 is 17.8 Å². The van der Waals surface area contributed by atoms with Crippen LogP contribution in [0.3, 0.4) is 0 Å². The third-order valence-corrected chi connectivity index (χ3v) is 3.96. The van der Waals surface area contributed by atoms with Crippen LogP contribution < -0.4 is 15.1 Å². The van der Waals surface area contributed by atoms with Gasteiger partial charge in [0.15, 0.2) is 18.2 Å². The molecule has 1 aliphatic rings. The molecule has 1 amide bonds. The molecule has 5 nitrogen and oxygen atoms in total. The maximum atomic E-state index is 13.4. The second kappa shape index (κ2) is 8.28. The van der Waals surface area contributed by atoms with Crippen LogP contribution in [0.1, 0.15) is 18.4 Å². The average Bonchev–Trinajstić information content (AvgIpc) is 3.16. The minimum Gasteiger partial charge on any atom is -0.481 e. The number of carbonyl (C=O) groups excluding carboxylic acids is 1. The predicted molar refractivity (Wildman–Crippen MR) is 95.5 cm³/mol. The largest absolute Gasteiger partial charge is 0.481 e. The molecular weight excluding hydrogens is 321 g/mol. The van der Waals surface area contributed by atoms with Gasteiger partial charge in [-0.1, -0.05) is 24.3 Å². The molecule has 0 bridgehead atoms. The quantitative estimate of drug-likeness (QED) is 0.649. The number of hydrogen-bond donors (Lipinski definition) is 1. The number of anilines is 1. The van der Waals surface area contributed by atoms with Crippen LogP contribution in [0.2, 0.25) is 0 Å². The molecule has 0 spiro atoms. The van der Waals surface area contributed by atoms with E-state index in [1.165, 1.54) is 30.7 Å². The number of ether oxygens (including phenoxy) is 1. The number of hydrazone groups is 1. The third kappa shape index (κ3) is 4.79. The molecular formula is C19H20FN3O2. The summed E-state index contributed by atoms with van der Waals surface area (Å²) < 4.78 is 18.5. The van der Waals surface area contributed by atoms with Gasteiger partial charge in [-0.3, -0.25) is 4.79 Å². The molecule has 2 aromatic carbocycles. The minimum atomic E-state index is -0.503. The van der Waals surface area contributed by atoms with E-state index in [0.29, 0.717) is 0 Å². The van der Waals surface area contributed by atoms with Gasteiger partial charge in [-0.15, -0.1) is 0 Å². The summed E-state index contributed by atoms with van der Waals surface area (Å²) in [5.41, 5.74) is 4.46. The molecule has 0 aromatic heterocycles. The highest BCUT2D eigenvalue weighted by Gasteiger charge is 2.11. The summed E-state index contributed by atoms with van der Waals surface area (Å²) in [4.78, 5) is 14.0. The van der Waals surface area contributed by atoms with Crippen molar-refractivity contribution in [3.63, 3.8) is 0 Å². The molecule has 0 atom stereocenters. The maximum Gasteiger partial charge on any atom is 0.277 e. The van der Waals surface area contributed by atoms with Gasteiger partial charge >= 0.3 is 0 Å². The van der Waals surface area contributed by atoms with E-state index in [4.69, 9.17) is 4.74 Å². The van der Waals surface area contributed by atoms with Crippen molar-refractivity contribution in [2.24, 2.45) is 5.10 Å². The van der Waals surface area contributed by atoms with Crippen molar-refractivity contribution < 1.29 is 13.9 Å². The van der Waals surface area contributed by atoms with Crippen LogP contribution in [0, 0.1) is 5.82 Å². The van der Waals surface area contributed by atoms with Gasteiger partial charge in [-0.05, 0) is 42.7 Å². The lowest BCUT2D eigenvalue weighted by Crippen LogP contribution is -2.24. The third-order valence-electron chi connectivity index (χ3n) is 3.96. The Hall–Kier alpha value is -2.89. The van der Waals surface area contributed by atoms with Crippen molar-refractivity contribution in [1.82, 2.24) is 5.43 Å². The number of hydrogen-bond acceptors (Lipinski definition) is 4. The molecule has 0 saturated carbocycles. The Labute approximate surface area is 146 Å². The Morgan fingerprint density at radius 3 is 2.60 bits per heavy atom. The van der Waals surface area contributed by atoms with Crippen molar-refractivity contribution in [3.8, 4) is 5.75 Å². The zero-order valence-electron chi connectivity index (χ0n) is 13.8. The topological polar surface area (TPSA) is 53.9 Å². The van der Waals surface area contributed by atoms with Gasteiger partial charge in [0.2, 0.25) is 0 Å². The summed E-state index contributed by atoms with van der Waals surface area (Å²) in [7, 11) is 0. The van der Waals surface area contributed by atoms with E-state index in [-0.39, 0.29) is 12.4 Å². The Morgan fingerprint density at radius 1 is 1.16 bits per heavy atom. The smallest absolute Gasteiger partial charge is 0.277 e. The number of carbonyl (C=O) groups is 1. The molecule has 1 aliphatic heterocycles. The first-order chi connectivity index (χ1) is 12.2. The van der Waals surface area contributed by atoms with Crippen LogP contribution in [-0.2, 0) is 4.79 Å². The first kappa shape index (κ1) is 17.0. The summed E-state index contributed by atoms with van der Waals surface area (Å²) in [5, 5.41) is 3.89. The molecule has 1 N–H and O–H groups in total. The number of nitrogens with one attached hydrogen (secondary N) is 1. The lowest BCUT2D eigenvalue weighted by Gasteiger charge is -2.17. The van der Waals surface area contributed by atoms with Crippen LogP contribution in [0.15, 0.2) is 53.6 Å². The number of amides is 1. The Bertz CT molecular complexity index is 741. The highest BCUT2D eigenvalue weighted by molar-refractivity contribution is 5.83. The van der Waals surface area contributed by atoms with E-state index in [0.717, 1.165) is 18.7 Å². The molecule has 1 fully saturated rings. The Balaban J connectivity index is 1.45. The number of benzene rings is 2. The van der Waals surface area contributed by atoms with Crippen molar-refractivity contribution in [2.75, 3.05) is 24.6 Å². The van der Waals surface area contributed by atoms with Gasteiger partial charge < -0.3 is 9.64 Å². The van der Waals surface area contributed by atoms with E-state index in [9.17, 15) is 9.18 Å². The first-order valence-electron chi connectivity index (χ1n) is 8.26. The van der Waals surface area contributed by atoms with Crippen LogP contribution in [0.5, 0.6) is 5.75 Å². The molecule has 130 valence electrons. The zero-order chi connectivity index (χ0) is 17.5. The monoisotopic (exact) mass is 341 g/mol. The normalized spacial score (nSPS) is 14.0. The number of para-hydroxylation sites is 1. The highest BCUT2D eigenvalue weighted by atomic mass is 19.1. The van der Waals surface area contributed by atoms with Gasteiger partial charge in [0.25, 0.3) is 5.91 Å². The fraction of sp³-hybridized carbons (Fsp3) is 0.263. The average molecular weight is 341 g/mol. The number of halogens is 1. The van der Waals surface area contributed by atoms with Gasteiger partial charge in [0, 0.05) is 18.8 Å². The Morgan fingerprint density at radius 2 is 1.88 bits per heavy atom. The SMILES string of the molecule is O=C(COc1ccccc1F)N/N=C/c1ccc(N2CCCC2)cc1. The lowest BCUT2D eigenvalue weighted by atomic mass is 10.2. The molecule has 1 saturated heterocycles. The van der Waals surface area contributed by atoms with Crippen LogP contribution in [-0.4, -0.2) is 31.8 Å². The maximum absolute atomic E-state index is 13.4. The van der Waals surface area contributed by atoms with Gasteiger partial charge in [-0.25, -0.2) is 9.82 Å². The van der Waals surface area contributed by atoms with E-state index < -0.39 is 11.7 Å². The molecule has 0 unspecified atom stereocenters. The van der Waals surface area contributed by atoms with Crippen LogP contribution in [0.25, 0.3) is 0 Å². The van der Waals surface area contributed by atoms with E-state index in [1.807, 2.05) is 12.1 Å². The minimum absolute atomic E-state index is 0.0409. The molecule has 0 aliphatic carbocycles. The summed E-state index contributed by atoms with van der Waals surface area (Å²) >= 11 is 0. The highest BCUT2D eigenvalue weighted by Crippen LogP contribution is 2.20. The fourth-order valence-corrected chi connectivity index (χ4v) is 2.66. The van der Waals surface area contributed by atoms with E-state index >= 15 is 0 Å². The summed E-state index contributed by atoms with van der Waals surface area (Å²) in [6.45, 7) is 1.91. The van der Waals surface area contributed by atoms with E-state index in [2.05, 4.69) is 27.6 Å². The summed E-state index contributed by atoms with van der Waals surface area (Å²) in [6.07, 6.45) is 4.04. The number of rotatable bonds is 6. The van der Waals surface area contributed by atoms with Crippen molar-refractivity contribution in [3.05, 3.63) is 59.9 Å². The molecule has 0 radical (unpaired) electrons. The molecule has 6 heteroatoms. The predicted octanol–water partition coefficient (Wildman–Crippen LogP) is 2.96. The Kier molecular flexibility index (Phi) is 5.61. The second-order valence-corrected chi connectivity index (χ2v) is 5.80. The molecule has 2 aromatic rings. The molecule has 1 heterocycles. The first-order valence-corrected chi connectivity index (χ1v) is 8.26. The summed E-state index contributed by atoms with van der Waals surface area (Å²) in [5.74, 6) is -0.913. The lowest BCUT2D eigenvalue weighted by molar-refractivity contribution is -0.123. The molecule has 3 rings (SSSR count). The molecule has 25 heavy (non-hydrogen) atoms. The number of nitrogens with zero attached hydrogens (tertiary/aromatic N) is 2. The van der Waals surface area contributed by atoms with Gasteiger partial charge in [0.05, 0.1) is 6.21 Å². The van der Waals surface area contributed by atoms with Gasteiger partial charge in [-0.2, -0.15) is 5.10 Å². The van der Waals surface area contributed by atoms with E-state index in [1.54, 1.807) is 18.3 Å². The van der Waals surface area contributed by atoms with Crippen molar-refractivity contribution in [1.29, 1.82) is 0 Å². The fourth-order valence-electron chi connectivity index (χ4n) is 2.66. The van der Waals surface area contributed by atoms with Gasteiger partial charge in [0.1, 0.15) is 0 Å². The van der Waals surface area contributed by atoms with Crippen molar-refractivity contribution in [2.45, 2.75) is 12.8 Å². The standard InChI is InChI=1S/C19H20FN3O2/c20-17-5-1-2-6-18(17)25-14-19(24)22-21-13-15-7-9-16(10-8-15)23-11-3-4-12-23/h1-2,5-10,13H,3-4,11-12,14H2,(H,22,24)/b21-13+. The van der Waals surface area contributed by atoms with Crippen LogP contribution in [0.4, 0.5) is 10.1 Å². The second-order valence-electron chi connectivity index (χ2n) is 5.80. The summed E-state index contributed by atoms with van der Waals surface area (Å²) in [6, 6.07) is 14.0. The van der Waals surface area contributed by atoms with Crippen LogP contribution >= 0.6 is 0 Å². The zero-order valence-corrected chi connectivity index (χ0v) is 13.8.